The van der Waals surface area contributed by atoms with Gasteiger partial charge in [0.2, 0.25) is 5.91 Å². The number of aryl methyl sites for hydroxylation is 2. The van der Waals surface area contributed by atoms with Crippen molar-refractivity contribution >= 4 is 17.5 Å². The summed E-state index contributed by atoms with van der Waals surface area (Å²) in [4.78, 5) is 44.7. The Bertz CT molecular complexity index is 1010. The molecule has 166 valence electrons. The molecular weight excluding hydrogens is 398 g/mol. The van der Waals surface area contributed by atoms with Gasteiger partial charge in [0.15, 0.2) is 0 Å². The van der Waals surface area contributed by atoms with E-state index in [0.29, 0.717) is 50.7 Å². The molecule has 0 spiro atoms. The highest BCUT2D eigenvalue weighted by Crippen LogP contribution is 2.21. The average molecular weight is 428 g/mol. The van der Waals surface area contributed by atoms with Crippen LogP contribution in [-0.2, 0) is 16.1 Å². The van der Waals surface area contributed by atoms with Crippen molar-refractivity contribution in [1.29, 1.82) is 0 Å². The molecule has 0 unspecified atom stereocenters. The van der Waals surface area contributed by atoms with Crippen molar-refractivity contribution < 1.29 is 9.53 Å². The Morgan fingerprint density at radius 3 is 2.23 bits per heavy atom. The molecular formula is C21H29N7O3. The molecule has 4 heterocycles. The van der Waals surface area contributed by atoms with E-state index in [1.807, 2.05) is 13.0 Å². The first-order valence-electron chi connectivity index (χ1n) is 10.7. The smallest absolute Gasteiger partial charge is 0.256 e. The first-order valence-corrected chi connectivity index (χ1v) is 10.7. The highest BCUT2D eigenvalue weighted by Gasteiger charge is 2.24. The number of rotatable bonds is 4. The number of hydrogen-bond donors (Lipinski definition) is 0. The summed E-state index contributed by atoms with van der Waals surface area (Å²) < 4.78 is 6.82. The van der Waals surface area contributed by atoms with Crippen LogP contribution in [0.3, 0.4) is 0 Å². The molecule has 10 nitrogen and oxygen atoms in total. The molecule has 0 bridgehead atoms. The summed E-state index contributed by atoms with van der Waals surface area (Å²) in [5.74, 6) is 2.47. The second kappa shape index (κ2) is 9.01. The fourth-order valence-electron chi connectivity index (χ4n) is 3.87. The number of nitrogens with zero attached hydrogens (tertiary/aromatic N) is 7. The van der Waals surface area contributed by atoms with Gasteiger partial charge in [-0.25, -0.2) is 15.0 Å². The van der Waals surface area contributed by atoms with Gasteiger partial charge in [0.1, 0.15) is 24.0 Å². The number of carbonyl (C=O) groups excluding carboxylic acids is 1. The van der Waals surface area contributed by atoms with Gasteiger partial charge in [0.05, 0.1) is 19.5 Å². The Labute approximate surface area is 181 Å². The van der Waals surface area contributed by atoms with Gasteiger partial charge < -0.3 is 19.4 Å². The second-order valence-electron chi connectivity index (χ2n) is 7.99. The normalized spacial score (nSPS) is 17.2. The fourth-order valence-corrected chi connectivity index (χ4v) is 3.87. The van der Waals surface area contributed by atoms with E-state index in [4.69, 9.17) is 4.74 Å². The zero-order chi connectivity index (χ0) is 22.0. The zero-order valence-electron chi connectivity index (χ0n) is 18.4. The highest BCUT2D eigenvalue weighted by molar-refractivity contribution is 5.76. The first-order chi connectivity index (χ1) is 14.9. The monoisotopic (exact) mass is 427 g/mol. The lowest BCUT2D eigenvalue weighted by atomic mass is 10.2. The molecule has 2 aliphatic rings. The minimum atomic E-state index is -0.161. The van der Waals surface area contributed by atoms with Crippen LogP contribution in [0.15, 0.2) is 17.2 Å². The zero-order valence-corrected chi connectivity index (χ0v) is 18.4. The molecule has 0 atom stereocenters. The van der Waals surface area contributed by atoms with Crippen molar-refractivity contribution in [3.63, 3.8) is 0 Å². The lowest BCUT2D eigenvalue weighted by molar-refractivity contribution is -0.132. The lowest BCUT2D eigenvalue weighted by Gasteiger charge is -2.36. The van der Waals surface area contributed by atoms with E-state index in [2.05, 4.69) is 24.8 Å². The lowest BCUT2D eigenvalue weighted by Crippen LogP contribution is -2.50. The maximum Gasteiger partial charge on any atom is 0.256 e. The van der Waals surface area contributed by atoms with Gasteiger partial charge in [-0.15, -0.1) is 0 Å². The molecule has 4 rings (SSSR count). The van der Waals surface area contributed by atoms with Crippen molar-refractivity contribution in [3.8, 4) is 0 Å². The van der Waals surface area contributed by atoms with E-state index >= 15 is 0 Å². The third-order valence-electron chi connectivity index (χ3n) is 5.92. The predicted octanol–water partition coefficient (Wildman–Crippen LogP) is 0.144. The summed E-state index contributed by atoms with van der Waals surface area (Å²) in [5, 5.41) is 0. The number of aromatic nitrogens is 4. The van der Waals surface area contributed by atoms with Crippen LogP contribution in [0.2, 0.25) is 0 Å². The minimum absolute atomic E-state index is 0.0146. The summed E-state index contributed by atoms with van der Waals surface area (Å²) >= 11 is 0. The third kappa shape index (κ3) is 4.68. The number of morpholine rings is 1. The van der Waals surface area contributed by atoms with Gasteiger partial charge >= 0.3 is 0 Å². The summed E-state index contributed by atoms with van der Waals surface area (Å²) in [6.45, 7) is 11.1. The van der Waals surface area contributed by atoms with E-state index in [-0.39, 0.29) is 18.0 Å². The van der Waals surface area contributed by atoms with Crippen LogP contribution in [0.4, 0.5) is 11.6 Å². The van der Waals surface area contributed by atoms with Gasteiger partial charge in [-0.2, -0.15) is 0 Å². The van der Waals surface area contributed by atoms with Crippen molar-refractivity contribution in [3.05, 3.63) is 39.8 Å². The van der Waals surface area contributed by atoms with E-state index in [0.717, 1.165) is 30.5 Å². The molecule has 2 aliphatic heterocycles. The van der Waals surface area contributed by atoms with Crippen molar-refractivity contribution in [2.24, 2.45) is 0 Å². The van der Waals surface area contributed by atoms with Crippen LogP contribution >= 0.6 is 0 Å². The Balaban J connectivity index is 1.39. The number of hydrogen-bond acceptors (Lipinski definition) is 8. The molecule has 0 aromatic carbocycles. The predicted molar refractivity (Wildman–Crippen MR) is 117 cm³/mol. The Morgan fingerprint density at radius 2 is 1.58 bits per heavy atom. The summed E-state index contributed by atoms with van der Waals surface area (Å²) in [6, 6.07) is 2.02. The molecule has 2 aromatic rings. The number of amides is 1. The van der Waals surface area contributed by atoms with Gasteiger partial charge in [-0.3, -0.25) is 14.2 Å². The van der Waals surface area contributed by atoms with Crippen LogP contribution in [-0.4, -0.2) is 82.8 Å². The van der Waals surface area contributed by atoms with Gasteiger partial charge in [-0.05, 0) is 20.8 Å². The first kappa shape index (κ1) is 21.2. The standard InChI is InChI=1S/C21H29N7O3/c1-15-16(2)22-14-28(21(15)30)13-20(29)27-6-4-25(5-7-27)18-12-19(24-17(3)23-18)26-8-10-31-11-9-26/h12,14H,4-11,13H2,1-3H3. The Morgan fingerprint density at radius 1 is 0.968 bits per heavy atom. The number of ether oxygens (including phenoxy) is 1. The van der Waals surface area contributed by atoms with Gasteiger partial charge in [-0.1, -0.05) is 0 Å². The van der Waals surface area contributed by atoms with Crippen LogP contribution < -0.4 is 15.4 Å². The Kier molecular flexibility index (Phi) is 6.17. The summed E-state index contributed by atoms with van der Waals surface area (Å²) in [6.07, 6.45) is 1.45. The molecule has 0 radical (unpaired) electrons. The maximum absolute atomic E-state index is 12.7. The molecule has 0 aliphatic carbocycles. The average Bonchev–Trinajstić information content (AvgIpc) is 2.79. The molecule has 2 aromatic heterocycles. The molecule has 1 amide bonds. The second-order valence-corrected chi connectivity index (χ2v) is 7.99. The van der Waals surface area contributed by atoms with Crippen molar-refractivity contribution in [2.45, 2.75) is 27.3 Å². The molecule has 2 saturated heterocycles. The molecule has 0 N–H and O–H groups in total. The van der Waals surface area contributed by atoms with Gasteiger partial charge in [0.25, 0.3) is 5.56 Å². The van der Waals surface area contributed by atoms with E-state index < -0.39 is 0 Å². The van der Waals surface area contributed by atoms with Crippen LogP contribution in [0.25, 0.3) is 0 Å². The van der Waals surface area contributed by atoms with Crippen LogP contribution in [0.1, 0.15) is 17.1 Å². The minimum Gasteiger partial charge on any atom is -0.378 e. The van der Waals surface area contributed by atoms with Crippen molar-refractivity contribution in [1.82, 2.24) is 24.4 Å². The van der Waals surface area contributed by atoms with Crippen molar-refractivity contribution in [2.75, 3.05) is 62.3 Å². The van der Waals surface area contributed by atoms with E-state index in [9.17, 15) is 9.59 Å². The fraction of sp³-hybridized carbons (Fsp3) is 0.571. The Hall–Kier alpha value is -3.01. The number of carbonyl (C=O) groups is 1. The molecule has 0 saturated carbocycles. The topological polar surface area (TPSA) is 96.7 Å². The number of anilines is 2. The highest BCUT2D eigenvalue weighted by atomic mass is 16.5. The van der Waals surface area contributed by atoms with Crippen LogP contribution in [0, 0.1) is 20.8 Å². The largest absolute Gasteiger partial charge is 0.378 e. The SMILES string of the molecule is Cc1nc(N2CCOCC2)cc(N2CCN(C(=O)Cn3cnc(C)c(C)c3=O)CC2)n1. The quantitative estimate of drug-likeness (QED) is 0.680. The summed E-state index contributed by atoms with van der Waals surface area (Å²) in [5.41, 5.74) is 1.11. The summed E-state index contributed by atoms with van der Waals surface area (Å²) in [7, 11) is 0. The molecule has 2 fully saturated rings. The maximum atomic E-state index is 12.7. The number of piperazine rings is 1. The van der Waals surface area contributed by atoms with Crippen LogP contribution in [0.5, 0.6) is 0 Å². The van der Waals surface area contributed by atoms with E-state index in [1.54, 1.807) is 18.7 Å². The van der Waals surface area contributed by atoms with Gasteiger partial charge in [0, 0.05) is 56.6 Å². The van der Waals surface area contributed by atoms with E-state index in [1.165, 1.54) is 10.9 Å². The molecule has 31 heavy (non-hydrogen) atoms. The third-order valence-corrected chi connectivity index (χ3v) is 5.92. The molecule has 10 heteroatoms.